The molecule has 3 N–H and O–H groups in total. The second-order valence-corrected chi connectivity index (χ2v) is 5.40. The van der Waals surface area contributed by atoms with E-state index in [2.05, 4.69) is 10.3 Å². The van der Waals surface area contributed by atoms with E-state index in [0.717, 1.165) is 4.57 Å². The highest BCUT2D eigenvalue weighted by Crippen LogP contribution is 2.20. The monoisotopic (exact) mass is 337 g/mol. The predicted octanol–water partition coefficient (Wildman–Crippen LogP) is 1.79. The number of aryl methyl sites for hydroxylation is 1. The highest BCUT2D eigenvalue weighted by Gasteiger charge is 2.22. The van der Waals surface area contributed by atoms with Gasteiger partial charge in [-0.25, -0.2) is 9.36 Å². The van der Waals surface area contributed by atoms with E-state index in [0.29, 0.717) is 16.9 Å². The van der Waals surface area contributed by atoms with Gasteiger partial charge in [-0.15, -0.1) is 0 Å². The average molecular weight is 337 g/mol. The first kappa shape index (κ1) is 16.3. The summed E-state index contributed by atoms with van der Waals surface area (Å²) in [5, 5.41) is 13.0. The number of carbonyl (C=O) groups excluding carboxylic acids is 1. The Balaban J connectivity index is 2.14. The number of rotatable bonds is 3. The topological polar surface area (TPSA) is 104 Å². The maximum atomic E-state index is 12.4. The summed E-state index contributed by atoms with van der Waals surface area (Å²) in [7, 11) is 0. The van der Waals surface area contributed by atoms with Gasteiger partial charge in [-0.2, -0.15) is 0 Å². The number of nitrogens with one attached hydrogen (secondary N) is 2. The van der Waals surface area contributed by atoms with Crippen molar-refractivity contribution in [1.82, 2.24) is 9.55 Å². The van der Waals surface area contributed by atoms with Crippen molar-refractivity contribution < 1.29 is 9.90 Å². The number of H-pyrrole nitrogens is 1. The molecule has 0 spiro atoms. The number of aromatic nitrogens is 2. The van der Waals surface area contributed by atoms with Gasteiger partial charge in [0.25, 0.3) is 11.5 Å². The van der Waals surface area contributed by atoms with Gasteiger partial charge in [0, 0.05) is 5.69 Å². The molecule has 0 atom stereocenters. The molecule has 126 valence electrons. The third kappa shape index (κ3) is 3.07. The van der Waals surface area contributed by atoms with E-state index in [-0.39, 0.29) is 0 Å². The summed E-state index contributed by atoms with van der Waals surface area (Å²) in [6.45, 7) is 1.75. The minimum atomic E-state index is -0.958. The van der Waals surface area contributed by atoms with Gasteiger partial charge in [0.15, 0.2) is 5.56 Å². The van der Waals surface area contributed by atoms with Gasteiger partial charge in [-0.1, -0.05) is 36.4 Å². The number of hydrogen-bond donors (Lipinski definition) is 3. The zero-order valence-corrected chi connectivity index (χ0v) is 13.3. The fourth-order valence-corrected chi connectivity index (χ4v) is 2.48. The molecule has 0 unspecified atom stereocenters. The first-order valence-electron chi connectivity index (χ1n) is 7.49. The summed E-state index contributed by atoms with van der Waals surface area (Å²) in [5.41, 5.74) is -0.795. The fourth-order valence-electron chi connectivity index (χ4n) is 2.48. The first-order chi connectivity index (χ1) is 12.0. The number of hydrogen-bond acceptors (Lipinski definition) is 4. The summed E-state index contributed by atoms with van der Waals surface area (Å²) in [6.07, 6.45) is 0. The lowest BCUT2D eigenvalue weighted by Crippen LogP contribution is -2.34. The molecule has 7 nitrogen and oxygen atoms in total. The first-order valence-corrected chi connectivity index (χ1v) is 7.49. The minimum Gasteiger partial charge on any atom is -0.493 e. The van der Waals surface area contributed by atoms with Crippen LogP contribution in [0.3, 0.4) is 0 Å². The largest absolute Gasteiger partial charge is 0.493 e. The van der Waals surface area contributed by atoms with Gasteiger partial charge in [0.05, 0.1) is 5.69 Å². The Labute approximate surface area is 142 Å². The quantitative estimate of drug-likeness (QED) is 0.678. The third-order valence-corrected chi connectivity index (χ3v) is 3.70. The molecule has 0 saturated carbocycles. The molecular formula is C18H15N3O4. The van der Waals surface area contributed by atoms with Crippen LogP contribution in [-0.2, 0) is 0 Å². The number of carbonyl (C=O) groups is 1. The maximum absolute atomic E-state index is 12.4. The number of amides is 1. The highest BCUT2D eigenvalue weighted by molar-refractivity contribution is 6.05. The van der Waals surface area contributed by atoms with E-state index in [1.165, 1.54) is 0 Å². The smallest absolute Gasteiger partial charge is 0.335 e. The zero-order valence-electron chi connectivity index (χ0n) is 13.3. The molecule has 25 heavy (non-hydrogen) atoms. The van der Waals surface area contributed by atoms with Crippen LogP contribution in [0.2, 0.25) is 0 Å². The van der Waals surface area contributed by atoms with E-state index in [1.807, 2.05) is 0 Å². The van der Waals surface area contributed by atoms with Gasteiger partial charge < -0.3 is 10.4 Å². The zero-order chi connectivity index (χ0) is 18.0. The van der Waals surface area contributed by atoms with Gasteiger partial charge in [0.2, 0.25) is 5.88 Å². The van der Waals surface area contributed by atoms with Crippen molar-refractivity contribution in [1.29, 1.82) is 0 Å². The second kappa shape index (κ2) is 6.48. The fraction of sp³-hybridized carbons (Fsp3) is 0.0556. The molecule has 1 amide bonds. The third-order valence-electron chi connectivity index (χ3n) is 3.70. The Morgan fingerprint density at radius 2 is 1.68 bits per heavy atom. The van der Waals surface area contributed by atoms with Crippen molar-refractivity contribution in [2.24, 2.45) is 0 Å². The summed E-state index contributed by atoms with van der Waals surface area (Å²) in [5.74, 6) is -1.52. The van der Waals surface area contributed by atoms with Crippen molar-refractivity contribution in [2.45, 2.75) is 6.92 Å². The minimum absolute atomic E-state index is 0.370. The van der Waals surface area contributed by atoms with Crippen molar-refractivity contribution >= 4 is 11.6 Å². The molecule has 1 aromatic heterocycles. The predicted molar refractivity (Wildman–Crippen MR) is 93.5 cm³/mol. The highest BCUT2D eigenvalue weighted by atomic mass is 16.3. The van der Waals surface area contributed by atoms with Gasteiger partial charge in [-0.3, -0.25) is 14.6 Å². The van der Waals surface area contributed by atoms with Crippen LogP contribution in [-0.4, -0.2) is 20.6 Å². The normalized spacial score (nSPS) is 10.4. The summed E-state index contributed by atoms with van der Waals surface area (Å²) < 4.78 is 0.899. The molecule has 0 fully saturated rings. The molecule has 1 heterocycles. The summed E-state index contributed by atoms with van der Waals surface area (Å²) in [6, 6.07) is 15.3. The number of benzene rings is 2. The second-order valence-electron chi connectivity index (χ2n) is 5.40. The van der Waals surface area contributed by atoms with Crippen molar-refractivity contribution in [3.63, 3.8) is 0 Å². The molecule has 3 aromatic rings. The Morgan fingerprint density at radius 1 is 1.04 bits per heavy atom. The number of aromatic amines is 1. The van der Waals surface area contributed by atoms with E-state index >= 15 is 0 Å². The number of nitrogens with zero attached hydrogens (tertiary/aromatic N) is 1. The molecule has 0 saturated heterocycles. The van der Waals surface area contributed by atoms with Crippen LogP contribution in [0, 0.1) is 6.92 Å². The van der Waals surface area contributed by atoms with Crippen molar-refractivity contribution in [3.8, 4) is 11.6 Å². The van der Waals surface area contributed by atoms with Crippen LogP contribution < -0.4 is 16.6 Å². The van der Waals surface area contributed by atoms with E-state index in [1.54, 1.807) is 61.5 Å². The Hall–Kier alpha value is -3.61. The molecule has 0 aliphatic rings. The molecule has 0 aliphatic heterocycles. The molecule has 0 radical (unpaired) electrons. The summed E-state index contributed by atoms with van der Waals surface area (Å²) >= 11 is 0. The Kier molecular flexibility index (Phi) is 4.21. The van der Waals surface area contributed by atoms with E-state index in [9.17, 15) is 19.5 Å². The van der Waals surface area contributed by atoms with Crippen LogP contribution in [0.4, 0.5) is 5.69 Å². The van der Waals surface area contributed by atoms with Crippen molar-refractivity contribution in [2.75, 3.05) is 5.32 Å². The van der Waals surface area contributed by atoms with Crippen LogP contribution >= 0.6 is 0 Å². The van der Waals surface area contributed by atoms with Gasteiger partial charge >= 0.3 is 5.69 Å². The summed E-state index contributed by atoms with van der Waals surface area (Å²) in [4.78, 5) is 38.7. The van der Waals surface area contributed by atoms with Crippen LogP contribution in [0.5, 0.6) is 5.88 Å². The molecule has 3 rings (SSSR count). The maximum Gasteiger partial charge on any atom is 0.335 e. The van der Waals surface area contributed by atoms with Gasteiger partial charge in [0.1, 0.15) is 0 Å². The molecular weight excluding hydrogens is 322 g/mol. The lowest BCUT2D eigenvalue weighted by Gasteiger charge is -2.13. The Bertz CT molecular complexity index is 1050. The SMILES string of the molecule is Cc1ccccc1-n1c(O)c(C(=O)Nc2ccccc2)c(=O)[nH]c1=O. The standard InChI is InChI=1S/C18H15N3O4/c1-11-7-5-6-10-13(11)21-17(24)14(16(23)20-18(21)25)15(22)19-12-8-3-2-4-9-12/h2-10,24H,1H3,(H,19,22)(H,20,23,25). The lowest BCUT2D eigenvalue weighted by molar-refractivity contribution is 0.102. The number of para-hydroxylation sites is 2. The van der Waals surface area contributed by atoms with E-state index < -0.39 is 28.6 Å². The average Bonchev–Trinajstić information content (AvgIpc) is 2.57. The van der Waals surface area contributed by atoms with Crippen molar-refractivity contribution in [3.05, 3.63) is 86.6 Å². The van der Waals surface area contributed by atoms with Crippen LogP contribution in [0.15, 0.2) is 64.2 Å². The van der Waals surface area contributed by atoms with Crippen LogP contribution in [0.1, 0.15) is 15.9 Å². The van der Waals surface area contributed by atoms with Gasteiger partial charge in [-0.05, 0) is 30.7 Å². The molecule has 2 aromatic carbocycles. The Morgan fingerprint density at radius 3 is 2.36 bits per heavy atom. The molecule has 7 heteroatoms. The molecule has 0 aliphatic carbocycles. The number of anilines is 1. The van der Waals surface area contributed by atoms with E-state index in [4.69, 9.17) is 0 Å². The lowest BCUT2D eigenvalue weighted by atomic mass is 10.2. The number of aromatic hydroxyl groups is 1. The molecule has 0 bridgehead atoms. The van der Waals surface area contributed by atoms with Crippen LogP contribution in [0.25, 0.3) is 5.69 Å².